The van der Waals surface area contributed by atoms with Gasteiger partial charge in [-0.2, -0.15) is 5.10 Å². The number of aromatic nitrogens is 3. The molecule has 0 atom stereocenters. The van der Waals surface area contributed by atoms with Gasteiger partial charge in [0, 0.05) is 39.1 Å². The highest BCUT2D eigenvalue weighted by Gasteiger charge is 2.34. The summed E-state index contributed by atoms with van der Waals surface area (Å²) in [6.07, 6.45) is 9.18. The number of nitrogens with one attached hydrogen (secondary N) is 2. The van der Waals surface area contributed by atoms with Crippen LogP contribution in [-0.2, 0) is 19.5 Å². The molecule has 7 heteroatoms. The van der Waals surface area contributed by atoms with Gasteiger partial charge in [-0.25, -0.2) is 9.48 Å². The molecule has 1 aliphatic heterocycles. The summed E-state index contributed by atoms with van der Waals surface area (Å²) >= 11 is 0. The fourth-order valence-corrected chi connectivity index (χ4v) is 3.92. The van der Waals surface area contributed by atoms with Crippen LogP contribution in [0.4, 0.5) is 0 Å². The van der Waals surface area contributed by atoms with Crippen LogP contribution in [-0.4, -0.2) is 39.9 Å². The van der Waals surface area contributed by atoms with E-state index in [0.29, 0.717) is 12.0 Å². The summed E-state index contributed by atoms with van der Waals surface area (Å²) in [5.41, 5.74) is 0.487. The van der Waals surface area contributed by atoms with E-state index < -0.39 is 0 Å². The number of fused-ring (bicyclic) bond motifs is 1. The van der Waals surface area contributed by atoms with Gasteiger partial charge in [0.2, 0.25) is 0 Å². The van der Waals surface area contributed by atoms with Crippen LogP contribution in [0.2, 0.25) is 0 Å². The maximum atomic E-state index is 12.3. The molecule has 146 valence electrons. The van der Waals surface area contributed by atoms with E-state index in [9.17, 15) is 4.79 Å². The molecule has 0 unspecified atom stereocenters. The largest absolute Gasteiger partial charge is 0.357 e. The van der Waals surface area contributed by atoms with Gasteiger partial charge in [0.05, 0.1) is 0 Å². The molecular weight excluding hydrogens is 328 g/mol. The molecule has 3 rings (SSSR count). The smallest absolute Gasteiger partial charge is 0.345 e. The van der Waals surface area contributed by atoms with Crippen LogP contribution in [0.25, 0.3) is 0 Å². The van der Waals surface area contributed by atoms with Gasteiger partial charge < -0.3 is 10.6 Å². The van der Waals surface area contributed by atoms with Gasteiger partial charge in [0.25, 0.3) is 0 Å². The fourth-order valence-electron chi connectivity index (χ4n) is 3.92. The second-order valence-corrected chi connectivity index (χ2v) is 7.71. The van der Waals surface area contributed by atoms with E-state index in [4.69, 9.17) is 4.99 Å². The molecule has 0 bridgehead atoms. The molecule has 1 saturated carbocycles. The zero-order valence-corrected chi connectivity index (χ0v) is 16.4. The number of rotatable bonds is 8. The monoisotopic (exact) mass is 362 g/mol. The van der Waals surface area contributed by atoms with E-state index in [1.54, 1.807) is 4.68 Å². The molecule has 7 nitrogen and oxygen atoms in total. The van der Waals surface area contributed by atoms with Gasteiger partial charge in [0.15, 0.2) is 5.96 Å². The first-order valence-electron chi connectivity index (χ1n) is 10.4. The first-order chi connectivity index (χ1) is 12.7. The summed E-state index contributed by atoms with van der Waals surface area (Å²) in [4.78, 5) is 17.1. The molecule has 1 aromatic rings. The van der Waals surface area contributed by atoms with Crippen LogP contribution in [0, 0.1) is 5.41 Å². The summed E-state index contributed by atoms with van der Waals surface area (Å²) in [7, 11) is 0. The fraction of sp³-hybridized carbons (Fsp3) is 0.842. The SMILES string of the molecule is CCNC(=NCC1(CC)CCC1)NCCCn1nc2n(c1=O)CCCC2. The second kappa shape index (κ2) is 8.73. The Labute approximate surface area is 156 Å². The highest BCUT2D eigenvalue weighted by atomic mass is 16.2. The molecular formula is C19H34N6O. The minimum atomic E-state index is 0.0511. The summed E-state index contributed by atoms with van der Waals surface area (Å²) in [5, 5.41) is 11.2. The summed E-state index contributed by atoms with van der Waals surface area (Å²) in [6.45, 7) is 8.40. The van der Waals surface area contributed by atoms with Crippen molar-refractivity contribution in [2.24, 2.45) is 10.4 Å². The minimum Gasteiger partial charge on any atom is -0.357 e. The Balaban J connectivity index is 1.48. The maximum absolute atomic E-state index is 12.3. The van der Waals surface area contributed by atoms with Gasteiger partial charge in [-0.05, 0) is 50.9 Å². The highest BCUT2D eigenvalue weighted by molar-refractivity contribution is 5.79. The van der Waals surface area contributed by atoms with E-state index in [1.165, 1.54) is 25.7 Å². The predicted octanol–water partition coefficient (Wildman–Crippen LogP) is 1.91. The lowest BCUT2D eigenvalue weighted by Gasteiger charge is -2.40. The van der Waals surface area contributed by atoms with Crippen molar-refractivity contribution in [1.29, 1.82) is 0 Å². The van der Waals surface area contributed by atoms with Crippen molar-refractivity contribution in [3.05, 3.63) is 16.3 Å². The number of aryl methyl sites for hydroxylation is 2. The van der Waals surface area contributed by atoms with E-state index >= 15 is 0 Å². The molecule has 0 aromatic carbocycles. The van der Waals surface area contributed by atoms with Gasteiger partial charge >= 0.3 is 5.69 Å². The molecule has 2 N–H and O–H groups in total. The molecule has 0 spiro atoms. The molecule has 26 heavy (non-hydrogen) atoms. The third-order valence-corrected chi connectivity index (χ3v) is 5.95. The normalized spacial score (nSPS) is 18.9. The van der Waals surface area contributed by atoms with Crippen molar-refractivity contribution < 1.29 is 0 Å². The zero-order chi connectivity index (χ0) is 18.4. The van der Waals surface area contributed by atoms with Crippen molar-refractivity contribution >= 4 is 5.96 Å². The highest BCUT2D eigenvalue weighted by Crippen LogP contribution is 2.43. The van der Waals surface area contributed by atoms with Crippen LogP contribution in [0.5, 0.6) is 0 Å². The van der Waals surface area contributed by atoms with Crippen LogP contribution < -0.4 is 16.3 Å². The molecule has 0 saturated heterocycles. The van der Waals surface area contributed by atoms with Gasteiger partial charge in [0.1, 0.15) is 5.82 Å². The Kier molecular flexibility index (Phi) is 6.38. The Morgan fingerprint density at radius 2 is 2.08 bits per heavy atom. The number of hydrogen-bond acceptors (Lipinski definition) is 3. The van der Waals surface area contributed by atoms with Crippen LogP contribution >= 0.6 is 0 Å². The summed E-state index contributed by atoms with van der Waals surface area (Å²) in [6, 6.07) is 0. The van der Waals surface area contributed by atoms with E-state index in [2.05, 4.69) is 29.6 Å². The van der Waals surface area contributed by atoms with Gasteiger partial charge in [-0.15, -0.1) is 0 Å². The summed E-state index contributed by atoms with van der Waals surface area (Å²) < 4.78 is 3.47. The van der Waals surface area contributed by atoms with Crippen molar-refractivity contribution in [2.45, 2.75) is 78.3 Å². The lowest BCUT2D eigenvalue weighted by Crippen LogP contribution is -2.40. The lowest BCUT2D eigenvalue weighted by molar-refractivity contribution is 0.139. The average molecular weight is 363 g/mol. The molecule has 1 aliphatic carbocycles. The van der Waals surface area contributed by atoms with E-state index in [1.807, 2.05) is 4.57 Å². The van der Waals surface area contributed by atoms with E-state index in [-0.39, 0.29) is 5.69 Å². The van der Waals surface area contributed by atoms with Gasteiger partial charge in [-0.3, -0.25) is 9.56 Å². The molecule has 1 aromatic heterocycles. The number of aliphatic imine (C=N–C) groups is 1. The Morgan fingerprint density at radius 3 is 2.73 bits per heavy atom. The van der Waals surface area contributed by atoms with Crippen molar-refractivity contribution in [2.75, 3.05) is 19.6 Å². The Hall–Kier alpha value is -1.79. The summed E-state index contributed by atoms with van der Waals surface area (Å²) in [5.74, 6) is 1.85. The first-order valence-corrected chi connectivity index (χ1v) is 10.4. The number of nitrogens with zero attached hydrogens (tertiary/aromatic N) is 4. The predicted molar refractivity (Wildman–Crippen MR) is 105 cm³/mol. The second-order valence-electron chi connectivity index (χ2n) is 7.71. The lowest BCUT2D eigenvalue weighted by atomic mass is 9.67. The zero-order valence-electron chi connectivity index (χ0n) is 16.4. The molecule has 1 fully saturated rings. The maximum Gasteiger partial charge on any atom is 0.345 e. The number of hydrogen-bond donors (Lipinski definition) is 2. The van der Waals surface area contributed by atoms with Crippen molar-refractivity contribution in [3.63, 3.8) is 0 Å². The quantitative estimate of drug-likeness (QED) is 0.421. The first kappa shape index (κ1) is 19.0. The van der Waals surface area contributed by atoms with E-state index in [0.717, 1.165) is 63.6 Å². The van der Waals surface area contributed by atoms with Crippen molar-refractivity contribution in [1.82, 2.24) is 25.0 Å². The molecule has 2 aliphatic rings. The van der Waals surface area contributed by atoms with Crippen LogP contribution in [0.1, 0.15) is 64.6 Å². The average Bonchev–Trinajstić information content (AvgIpc) is 2.94. The van der Waals surface area contributed by atoms with Gasteiger partial charge in [-0.1, -0.05) is 13.3 Å². The Bertz CT molecular complexity index is 665. The number of guanidine groups is 1. The molecule has 0 amide bonds. The standard InChI is InChI=1S/C19H34N6O/c1-3-19(10-7-11-19)15-22-17(20-4-2)21-12-8-14-25-18(26)24-13-6-5-9-16(24)23-25/h3-15H2,1-2H3,(H2,20,21,22). The minimum absolute atomic E-state index is 0.0511. The topological polar surface area (TPSA) is 76.2 Å². The third kappa shape index (κ3) is 4.30. The third-order valence-electron chi connectivity index (χ3n) is 5.95. The molecule has 0 radical (unpaired) electrons. The molecule has 2 heterocycles. The Morgan fingerprint density at radius 1 is 1.23 bits per heavy atom. The van der Waals surface area contributed by atoms with Crippen molar-refractivity contribution in [3.8, 4) is 0 Å². The van der Waals surface area contributed by atoms with Crippen LogP contribution in [0.15, 0.2) is 9.79 Å². The van der Waals surface area contributed by atoms with Crippen LogP contribution in [0.3, 0.4) is 0 Å².